The van der Waals surface area contributed by atoms with Crippen LogP contribution in [-0.2, 0) is 10.4 Å². The molecule has 0 fully saturated rings. The highest BCUT2D eigenvalue weighted by Gasteiger charge is 2.62. The molecule has 3 aromatic carbocycles. The highest BCUT2D eigenvalue weighted by atomic mass is 35.5. The smallest absolute Gasteiger partial charge is 0.374 e. The molecule has 5 rings (SSSR count). The topological polar surface area (TPSA) is 43.6 Å². The number of carbonyl (C=O) groups excluding carboxylic acids is 1. The number of alkyl halides is 3. The van der Waals surface area contributed by atoms with Crippen LogP contribution < -0.4 is 0 Å². The van der Waals surface area contributed by atoms with E-state index >= 15 is 0 Å². The summed E-state index contributed by atoms with van der Waals surface area (Å²) >= 11 is 17.9. The monoisotopic (exact) mass is 536 g/mol. The fraction of sp³-hybridized carbons (Fsp3) is 0.120. The van der Waals surface area contributed by atoms with Crippen molar-refractivity contribution in [1.82, 2.24) is 4.57 Å². The average Bonchev–Trinajstić information content (AvgIpc) is 3.43. The van der Waals surface area contributed by atoms with Crippen molar-refractivity contribution >= 4 is 57.3 Å². The Labute approximate surface area is 212 Å². The lowest BCUT2D eigenvalue weighted by molar-refractivity contribution is -0.275. The minimum atomic E-state index is -4.79. The first kappa shape index (κ1) is 23.7. The van der Waals surface area contributed by atoms with Gasteiger partial charge in [0.2, 0.25) is 0 Å². The van der Waals surface area contributed by atoms with Gasteiger partial charge in [-0.1, -0.05) is 58.2 Å². The van der Waals surface area contributed by atoms with Crippen molar-refractivity contribution in [3.05, 3.63) is 105 Å². The third-order valence-electron chi connectivity index (χ3n) is 5.85. The lowest BCUT2D eigenvalue weighted by Crippen LogP contribution is -2.42. The van der Waals surface area contributed by atoms with Gasteiger partial charge in [0.05, 0.1) is 11.2 Å². The number of hydrogen-bond acceptors (Lipinski definition) is 3. The molecular formula is C25H14Cl3F3N2O2. The molecule has 178 valence electrons. The van der Waals surface area contributed by atoms with Crippen molar-refractivity contribution in [1.29, 1.82) is 0 Å². The lowest BCUT2D eigenvalue weighted by Gasteiger charge is -2.29. The summed E-state index contributed by atoms with van der Waals surface area (Å²) in [7, 11) is 0. The molecule has 1 aliphatic rings. The van der Waals surface area contributed by atoms with Crippen LogP contribution in [0, 0.1) is 0 Å². The van der Waals surface area contributed by atoms with Crippen LogP contribution in [0.3, 0.4) is 0 Å². The lowest BCUT2D eigenvalue weighted by atomic mass is 9.86. The van der Waals surface area contributed by atoms with Crippen molar-refractivity contribution in [3.63, 3.8) is 0 Å². The van der Waals surface area contributed by atoms with Crippen LogP contribution in [0.4, 0.5) is 13.2 Å². The summed E-state index contributed by atoms with van der Waals surface area (Å²) in [6, 6.07) is 16.8. The van der Waals surface area contributed by atoms with Gasteiger partial charge >= 0.3 is 6.18 Å². The molecule has 2 heterocycles. The first-order valence-electron chi connectivity index (χ1n) is 10.3. The third kappa shape index (κ3) is 4.18. The molecule has 4 aromatic rings. The second kappa shape index (κ2) is 8.59. The fourth-order valence-electron chi connectivity index (χ4n) is 4.07. The van der Waals surface area contributed by atoms with Gasteiger partial charge in [-0.3, -0.25) is 9.36 Å². The van der Waals surface area contributed by atoms with Crippen LogP contribution in [0.2, 0.25) is 15.1 Å². The van der Waals surface area contributed by atoms with Gasteiger partial charge in [0.15, 0.2) is 0 Å². The molecular weight excluding hydrogens is 524 g/mol. The number of rotatable bonds is 3. The van der Waals surface area contributed by atoms with E-state index in [-0.39, 0.29) is 27.2 Å². The molecule has 10 heteroatoms. The maximum absolute atomic E-state index is 14.2. The summed E-state index contributed by atoms with van der Waals surface area (Å²) in [6.07, 6.45) is -3.74. The van der Waals surface area contributed by atoms with Crippen LogP contribution in [0.25, 0.3) is 10.9 Å². The minimum Gasteiger partial charge on any atom is -0.374 e. The van der Waals surface area contributed by atoms with Gasteiger partial charge in [-0.25, -0.2) is 0 Å². The van der Waals surface area contributed by atoms with E-state index in [4.69, 9.17) is 39.6 Å². The predicted octanol–water partition coefficient (Wildman–Crippen LogP) is 7.87. The quantitative estimate of drug-likeness (QED) is 0.267. The number of aromatic nitrogens is 1. The summed E-state index contributed by atoms with van der Waals surface area (Å²) in [6.45, 7) is 0. The molecule has 0 amide bonds. The third-order valence-corrected chi connectivity index (χ3v) is 6.53. The van der Waals surface area contributed by atoms with E-state index < -0.39 is 18.2 Å². The van der Waals surface area contributed by atoms with Crippen molar-refractivity contribution in [2.45, 2.75) is 18.2 Å². The van der Waals surface area contributed by atoms with Gasteiger partial charge in [-0.15, -0.1) is 0 Å². The molecule has 0 aliphatic carbocycles. The number of halogens is 6. The number of carbonyl (C=O) groups is 1. The summed E-state index contributed by atoms with van der Waals surface area (Å²) in [5.41, 5.74) is -1.51. The van der Waals surface area contributed by atoms with Crippen LogP contribution in [0.1, 0.15) is 27.9 Å². The average molecular weight is 538 g/mol. The fourth-order valence-corrected chi connectivity index (χ4v) is 4.76. The molecule has 1 aromatic heterocycles. The Morgan fingerprint density at radius 1 is 0.914 bits per heavy atom. The molecule has 1 atom stereocenters. The van der Waals surface area contributed by atoms with E-state index in [1.807, 2.05) is 6.07 Å². The molecule has 1 aliphatic heterocycles. The zero-order valence-corrected chi connectivity index (χ0v) is 19.9. The van der Waals surface area contributed by atoms with Crippen LogP contribution in [0.5, 0.6) is 0 Å². The molecule has 4 nitrogen and oxygen atoms in total. The van der Waals surface area contributed by atoms with Crippen LogP contribution in [0.15, 0.2) is 78.1 Å². The Kier molecular flexibility index (Phi) is 5.82. The number of oxime groups is 1. The Morgan fingerprint density at radius 3 is 2.26 bits per heavy atom. The highest BCUT2D eigenvalue weighted by molar-refractivity contribution is 6.34. The van der Waals surface area contributed by atoms with E-state index in [9.17, 15) is 18.0 Å². The number of hydrogen-bond donors (Lipinski definition) is 0. The van der Waals surface area contributed by atoms with Gasteiger partial charge in [-0.05, 0) is 54.1 Å². The van der Waals surface area contributed by atoms with Gasteiger partial charge in [0, 0.05) is 44.2 Å². The first-order valence-corrected chi connectivity index (χ1v) is 11.4. The zero-order valence-electron chi connectivity index (χ0n) is 17.6. The molecule has 0 radical (unpaired) electrons. The van der Waals surface area contributed by atoms with E-state index in [0.717, 1.165) is 17.5 Å². The number of nitrogens with zero attached hydrogens (tertiary/aromatic N) is 2. The maximum atomic E-state index is 14.2. The first-order chi connectivity index (χ1) is 16.6. The van der Waals surface area contributed by atoms with Crippen LogP contribution in [-0.4, -0.2) is 22.4 Å². The molecule has 0 saturated carbocycles. The standard InChI is InChI=1S/C25H14Cl3F3N2O2/c26-18-6-5-15-7-8-33(22(15)12-18)23(34)16-3-1-14(2-4-16)21-13-24(35-32-21,25(29,30)31)17-9-19(27)11-20(28)10-17/h1-12H,13H2. The molecule has 0 bridgehead atoms. The van der Waals surface area contributed by atoms with Gasteiger partial charge in [0.1, 0.15) is 0 Å². The van der Waals surface area contributed by atoms with Crippen LogP contribution >= 0.6 is 34.8 Å². The van der Waals surface area contributed by atoms with Gasteiger partial charge < -0.3 is 4.84 Å². The molecule has 35 heavy (non-hydrogen) atoms. The normalized spacial score (nSPS) is 17.9. The second-order valence-electron chi connectivity index (χ2n) is 8.06. The van der Waals surface area contributed by atoms with Crippen molar-refractivity contribution < 1.29 is 22.8 Å². The molecule has 0 saturated heterocycles. The highest BCUT2D eigenvalue weighted by Crippen LogP contribution is 2.49. The summed E-state index contributed by atoms with van der Waals surface area (Å²) in [5.74, 6) is -0.309. The van der Waals surface area contributed by atoms with Crippen molar-refractivity contribution in [2.24, 2.45) is 5.16 Å². The van der Waals surface area contributed by atoms with Gasteiger partial charge in [-0.2, -0.15) is 13.2 Å². The second-order valence-corrected chi connectivity index (χ2v) is 9.37. The Balaban J connectivity index is 1.43. The van der Waals surface area contributed by atoms with E-state index in [1.165, 1.54) is 34.9 Å². The van der Waals surface area contributed by atoms with E-state index in [2.05, 4.69) is 5.16 Å². The van der Waals surface area contributed by atoms with Crippen molar-refractivity contribution in [2.75, 3.05) is 0 Å². The number of fused-ring (bicyclic) bond motifs is 1. The van der Waals surface area contributed by atoms with Gasteiger partial charge in [0.25, 0.3) is 11.5 Å². The Morgan fingerprint density at radius 2 is 1.60 bits per heavy atom. The predicted molar refractivity (Wildman–Crippen MR) is 130 cm³/mol. The maximum Gasteiger partial charge on any atom is 0.435 e. The van der Waals surface area contributed by atoms with E-state index in [1.54, 1.807) is 24.4 Å². The molecule has 0 spiro atoms. The summed E-state index contributed by atoms with van der Waals surface area (Å²) < 4.78 is 44.0. The Bertz CT molecular complexity index is 1480. The summed E-state index contributed by atoms with van der Waals surface area (Å²) in [4.78, 5) is 18.1. The molecule has 0 N–H and O–H groups in total. The molecule has 1 unspecified atom stereocenters. The van der Waals surface area contributed by atoms with E-state index in [0.29, 0.717) is 21.7 Å². The SMILES string of the molecule is O=C(c1ccc(C2=NOC(c3cc(Cl)cc(Cl)c3)(C(F)(F)F)C2)cc1)n1ccc2ccc(Cl)cc21. The minimum absolute atomic E-state index is 0.0508. The van der Waals surface area contributed by atoms with Crippen molar-refractivity contribution in [3.8, 4) is 0 Å². The number of benzene rings is 3. The Hall–Kier alpha value is -3.00. The summed E-state index contributed by atoms with van der Waals surface area (Å²) in [5, 5.41) is 5.19. The largest absolute Gasteiger partial charge is 0.435 e. The zero-order chi connectivity index (χ0) is 25.0.